The van der Waals surface area contributed by atoms with Crippen LogP contribution < -0.4 is 5.32 Å². The Morgan fingerprint density at radius 3 is 2.57 bits per heavy atom. The molecule has 1 unspecified atom stereocenters. The van der Waals surface area contributed by atoms with Crippen molar-refractivity contribution < 1.29 is 0 Å². The molecular weight excluding hydrogens is 437 g/mol. The lowest BCUT2D eigenvalue weighted by Crippen LogP contribution is -2.32. The summed E-state index contributed by atoms with van der Waals surface area (Å²) in [6.07, 6.45) is 8.14. The molecule has 21 heavy (non-hydrogen) atoms. The van der Waals surface area contributed by atoms with Crippen LogP contribution in [0.2, 0.25) is 0 Å². The minimum Gasteiger partial charge on any atom is -0.310 e. The van der Waals surface area contributed by atoms with Crippen LogP contribution in [0.5, 0.6) is 0 Å². The smallest absolute Gasteiger partial charge is 0.0359 e. The molecule has 1 aromatic carbocycles. The normalized spacial score (nSPS) is 24.0. The van der Waals surface area contributed by atoms with Crippen LogP contribution in [0.4, 0.5) is 0 Å². The summed E-state index contributed by atoms with van der Waals surface area (Å²) in [6, 6.07) is 7.22. The minimum absolute atomic E-state index is 0.521. The Labute approximate surface area is 151 Å². The first-order chi connectivity index (χ1) is 10.2. The lowest BCUT2D eigenvalue weighted by Gasteiger charge is -2.35. The van der Waals surface area contributed by atoms with Crippen LogP contribution in [0.25, 0.3) is 0 Å². The molecule has 0 radical (unpaired) electrons. The number of benzene rings is 1. The fraction of sp³-hybridized carbons (Fsp3) is 0.667. The highest BCUT2D eigenvalue weighted by atomic mass is 127. The average molecular weight is 464 g/mol. The topological polar surface area (TPSA) is 12.0 Å². The fourth-order valence-electron chi connectivity index (χ4n) is 3.51. The van der Waals surface area contributed by atoms with E-state index < -0.39 is 0 Å². The van der Waals surface area contributed by atoms with E-state index in [1.54, 1.807) is 0 Å². The van der Waals surface area contributed by atoms with Crippen molar-refractivity contribution in [3.63, 3.8) is 0 Å². The number of rotatable bonds is 6. The van der Waals surface area contributed by atoms with Crippen molar-refractivity contribution in [1.29, 1.82) is 0 Å². The van der Waals surface area contributed by atoms with Crippen molar-refractivity contribution in [3.8, 4) is 0 Å². The van der Waals surface area contributed by atoms with Gasteiger partial charge >= 0.3 is 0 Å². The van der Waals surface area contributed by atoms with E-state index in [1.165, 1.54) is 52.1 Å². The number of nitrogens with one attached hydrogen (secondary N) is 1. The number of hydrogen-bond acceptors (Lipinski definition) is 1. The highest BCUT2D eigenvalue weighted by Crippen LogP contribution is 2.39. The monoisotopic (exact) mass is 463 g/mol. The molecule has 0 bridgehead atoms. The maximum absolute atomic E-state index is 3.83. The molecule has 0 spiro atoms. The lowest BCUT2D eigenvalue weighted by molar-refractivity contribution is 0.218. The molecule has 1 aliphatic carbocycles. The van der Waals surface area contributed by atoms with E-state index in [1.807, 2.05) is 0 Å². The Balaban J connectivity index is 2.16. The lowest BCUT2D eigenvalue weighted by atomic mass is 9.76. The van der Waals surface area contributed by atoms with E-state index in [0.717, 1.165) is 18.4 Å². The third-order valence-electron chi connectivity index (χ3n) is 4.85. The van der Waals surface area contributed by atoms with Gasteiger partial charge in [-0.15, -0.1) is 0 Å². The molecular formula is C18H27BrIN. The van der Waals surface area contributed by atoms with E-state index in [4.69, 9.17) is 0 Å². The molecule has 0 aromatic heterocycles. The quantitative estimate of drug-likeness (QED) is 0.487. The van der Waals surface area contributed by atoms with Gasteiger partial charge in [-0.2, -0.15) is 0 Å². The summed E-state index contributed by atoms with van der Waals surface area (Å²) in [5.41, 5.74) is 1.48. The van der Waals surface area contributed by atoms with E-state index in [0.29, 0.717) is 6.04 Å². The Morgan fingerprint density at radius 1 is 1.24 bits per heavy atom. The maximum Gasteiger partial charge on any atom is 0.0359 e. The van der Waals surface area contributed by atoms with Gasteiger partial charge in [-0.05, 0) is 84.0 Å². The largest absolute Gasteiger partial charge is 0.310 e. The molecule has 0 heterocycles. The Kier molecular flexibility index (Phi) is 7.50. The first-order valence-electron chi connectivity index (χ1n) is 8.34. The molecule has 1 aromatic rings. The van der Waals surface area contributed by atoms with E-state index in [9.17, 15) is 0 Å². The van der Waals surface area contributed by atoms with Crippen molar-refractivity contribution in [2.45, 2.75) is 58.4 Å². The average Bonchev–Trinajstić information content (AvgIpc) is 2.51. The molecule has 0 aliphatic heterocycles. The predicted octanol–water partition coefficient (Wildman–Crippen LogP) is 6.31. The fourth-order valence-corrected chi connectivity index (χ4v) is 4.56. The number of halogens is 2. The first-order valence-corrected chi connectivity index (χ1v) is 10.2. The number of hydrogen-bond donors (Lipinski definition) is 1. The van der Waals surface area contributed by atoms with Crippen molar-refractivity contribution in [3.05, 3.63) is 31.8 Å². The highest BCUT2D eigenvalue weighted by Gasteiger charge is 2.28. The molecule has 0 saturated heterocycles. The zero-order chi connectivity index (χ0) is 15.2. The second kappa shape index (κ2) is 8.88. The van der Waals surface area contributed by atoms with Gasteiger partial charge in [0.15, 0.2) is 0 Å². The Hall–Kier alpha value is 0.390. The van der Waals surface area contributed by atoms with Crippen molar-refractivity contribution in [1.82, 2.24) is 5.32 Å². The minimum atomic E-state index is 0.521. The summed E-state index contributed by atoms with van der Waals surface area (Å²) in [5.74, 6) is 1.76. The molecule has 1 fully saturated rings. The Bertz CT molecular complexity index is 441. The second-order valence-corrected chi connectivity index (χ2v) is 8.36. The summed E-state index contributed by atoms with van der Waals surface area (Å²) >= 11 is 6.14. The van der Waals surface area contributed by atoms with Crippen LogP contribution in [-0.4, -0.2) is 6.54 Å². The van der Waals surface area contributed by atoms with E-state index in [-0.39, 0.29) is 0 Å². The van der Waals surface area contributed by atoms with E-state index in [2.05, 4.69) is 75.9 Å². The van der Waals surface area contributed by atoms with Crippen LogP contribution in [0.15, 0.2) is 22.7 Å². The van der Waals surface area contributed by atoms with Gasteiger partial charge in [-0.1, -0.05) is 49.0 Å². The van der Waals surface area contributed by atoms with Crippen LogP contribution >= 0.6 is 38.5 Å². The molecule has 118 valence electrons. The third-order valence-corrected chi connectivity index (χ3v) is 6.32. The summed E-state index contributed by atoms with van der Waals surface area (Å²) in [4.78, 5) is 0. The van der Waals surface area contributed by atoms with Gasteiger partial charge in [0, 0.05) is 14.1 Å². The van der Waals surface area contributed by atoms with Crippen LogP contribution in [0, 0.1) is 15.4 Å². The summed E-state index contributed by atoms with van der Waals surface area (Å²) in [7, 11) is 0. The van der Waals surface area contributed by atoms with Crippen LogP contribution in [0.3, 0.4) is 0 Å². The SMILES string of the molecule is CCCNC(c1cc(Br)ccc1I)C1CCC(CC)CC1. The highest BCUT2D eigenvalue weighted by molar-refractivity contribution is 14.1. The van der Waals surface area contributed by atoms with E-state index >= 15 is 0 Å². The molecule has 1 saturated carbocycles. The third kappa shape index (κ3) is 4.93. The summed E-state index contributed by atoms with van der Waals surface area (Å²) in [5, 5.41) is 3.83. The molecule has 2 rings (SSSR count). The first kappa shape index (κ1) is 17.7. The molecule has 1 atom stereocenters. The van der Waals surface area contributed by atoms with Gasteiger partial charge < -0.3 is 5.32 Å². The van der Waals surface area contributed by atoms with Crippen molar-refractivity contribution >= 4 is 38.5 Å². The standard InChI is InChI=1S/C18H27BrIN/c1-3-11-21-18(14-7-5-13(4-2)6-8-14)16-12-15(19)9-10-17(16)20/h9-10,12-14,18,21H,3-8,11H2,1-2H3. The molecule has 1 N–H and O–H groups in total. The maximum atomic E-state index is 3.83. The van der Waals surface area contributed by atoms with Crippen LogP contribution in [-0.2, 0) is 0 Å². The van der Waals surface area contributed by atoms with Gasteiger partial charge in [-0.3, -0.25) is 0 Å². The van der Waals surface area contributed by atoms with Gasteiger partial charge in [-0.25, -0.2) is 0 Å². The second-order valence-electron chi connectivity index (χ2n) is 6.29. The van der Waals surface area contributed by atoms with Gasteiger partial charge in [0.2, 0.25) is 0 Å². The van der Waals surface area contributed by atoms with Crippen molar-refractivity contribution in [2.24, 2.45) is 11.8 Å². The van der Waals surface area contributed by atoms with Gasteiger partial charge in [0.25, 0.3) is 0 Å². The zero-order valence-corrected chi connectivity index (χ0v) is 16.9. The predicted molar refractivity (Wildman–Crippen MR) is 104 cm³/mol. The molecule has 0 amide bonds. The molecule has 1 nitrogen and oxygen atoms in total. The molecule has 3 heteroatoms. The zero-order valence-electron chi connectivity index (χ0n) is 13.2. The van der Waals surface area contributed by atoms with Gasteiger partial charge in [0.1, 0.15) is 0 Å². The van der Waals surface area contributed by atoms with Crippen molar-refractivity contribution in [2.75, 3.05) is 6.54 Å². The van der Waals surface area contributed by atoms with Gasteiger partial charge in [0.05, 0.1) is 0 Å². The summed E-state index contributed by atoms with van der Waals surface area (Å²) in [6.45, 7) is 5.71. The van der Waals surface area contributed by atoms with Crippen LogP contribution in [0.1, 0.15) is 64.0 Å². The molecule has 1 aliphatic rings. The Morgan fingerprint density at radius 2 is 1.95 bits per heavy atom. The summed E-state index contributed by atoms with van der Waals surface area (Å²) < 4.78 is 2.59.